The molecule has 14 nitrogen and oxygen atoms in total. The van der Waals surface area contributed by atoms with Gasteiger partial charge in [-0.15, -0.1) is 0 Å². The number of hydrogen-bond acceptors (Lipinski definition) is 10. The minimum Gasteiger partial charge on any atom is -0.497 e. The summed E-state index contributed by atoms with van der Waals surface area (Å²) in [6.07, 6.45) is 6.31. The highest BCUT2D eigenvalue weighted by molar-refractivity contribution is 6.23. The molecule has 1 atom stereocenters. The lowest BCUT2D eigenvalue weighted by Crippen LogP contribution is -2.54. The first-order valence-corrected chi connectivity index (χ1v) is 22.2. The number of piperidine rings is 3. The molecule has 10 rings (SSSR count). The van der Waals surface area contributed by atoms with Crippen LogP contribution in [0.1, 0.15) is 94.8 Å². The van der Waals surface area contributed by atoms with E-state index in [1.807, 2.05) is 41.2 Å². The number of aryl methyl sites for hydroxylation is 3. The first kappa shape index (κ1) is 41.6. The molecule has 332 valence electrons. The summed E-state index contributed by atoms with van der Waals surface area (Å²) in [4.78, 5) is 71.5. The van der Waals surface area contributed by atoms with Crippen molar-refractivity contribution in [3.8, 4) is 16.9 Å². The Bertz CT molecular complexity index is 2800. The maximum atomic E-state index is 15.1. The van der Waals surface area contributed by atoms with Crippen molar-refractivity contribution in [1.82, 2.24) is 29.5 Å². The van der Waals surface area contributed by atoms with Crippen molar-refractivity contribution in [2.45, 2.75) is 82.8 Å². The molecule has 0 spiro atoms. The fourth-order valence-corrected chi connectivity index (χ4v) is 10.7. The van der Waals surface area contributed by atoms with Crippen LogP contribution in [0, 0.1) is 6.92 Å². The van der Waals surface area contributed by atoms with Crippen LogP contribution >= 0.6 is 0 Å². The molecule has 0 bridgehead atoms. The van der Waals surface area contributed by atoms with Gasteiger partial charge in [0.05, 0.1) is 41.7 Å². The number of nitrogens with zero attached hydrogens (tertiary/aromatic N) is 7. The molecule has 5 aliphatic rings. The van der Waals surface area contributed by atoms with Gasteiger partial charge in [-0.25, -0.2) is 8.78 Å². The van der Waals surface area contributed by atoms with Crippen molar-refractivity contribution in [1.29, 1.82) is 0 Å². The van der Waals surface area contributed by atoms with Crippen molar-refractivity contribution in [3.63, 3.8) is 0 Å². The van der Waals surface area contributed by atoms with Crippen LogP contribution in [0.5, 0.6) is 5.75 Å². The zero-order valence-electron chi connectivity index (χ0n) is 36.1. The van der Waals surface area contributed by atoms with Crippen molar-refractivity contribution >= 4 is 51.6 Å². The molecule has 1 unspecified atom stereocenters. The number of rotatable bonds is 8. The summed E-state index contributed by atoms with van der Waals surface area (Å²) in [5.41, 5.74) is 6.26. The van der Waals surface area contributed by atoms with Gasteiger partial charge < -0.3 is 24.0 Å². The number of amides is 4. The van der Waals surface area contributed by atoms with E-state index in [-0.39, 0.29) is 41.1 Å². The van der Waals surface area contributed by atoms with Crippen LogP contribution in [0.15, 0.2) is 65.7 Å². The number of nitrogens with one attached hydrogen (secondary N) is 1. The third-order valence-electron chi connectivity index (χ3n) is 14.2. The standard InChI is InChI=1S/C48H50F2N8O6/c1-27-19-38-41(53(2)46(27)61)22-33(64-3)23-42(38)56-14-4-5-28-20-35(36(44(49)50)24-40(28)56)29-25-51-57(26-29)31-12-17-54(18-13-31)30-10-15-55(16-11-30)32-6-7-34-37(21-32)48(63)58(47(34)62)39-8-9-43(59)52-45(39)60/h6-7,19-26,30-31,39,44H,4-5,8-18H2,1-3H3,(H,52,59,60). The first-order chi connectivity index (χ1) is 30.9. The van der Waals surface area contributed by atoms with E-state index in [1.165, 1.54) is 0 Å². The molecule has 3 aromatic carbocycles. The molecule has 0 aliphatic carbocycles. The van der Waals surface area contributed by atoms with E-state index >= 15 is 8.78 Å². The molecule has 0 radical (unpaired) electrons. The Kier molecular flexibility index (Phi) is 10.6. The maximum Gasteiger partial charge on any atom is 0.264 e. The summed E-state index contributed by atoms with van der Waals surface area (Å²) >= 11 is 0. The van der Waals surface area contributed by atoms with Crippen LogP contribution < -0.4 is 25.4 Å². The van der Waals surface area contributed by atoms with Crippen LogP contribution in [0.2, 0.25) is 0 Å². The Hall–Kier alpha value is -6.42. The van der Waals surface area contributed by atoms with Gasteiger partial charge in [-0.05, 0) is 99.4 Å². The molecule has 5 aliphatic heterocycles. The molecule has 3 fully saturated rings. The molecule has 5 aromatic rings. The lowest BCUT2D eigenvalue weighted by Gasteiger charge is -2.42. The molecular formula is C48H50F2N8O6. The summed E-state index contributed by atoms with van der Waals surface area (Å²) in [7, 11) is 3.31. The van der Waals surface area contributed by atoms with Gasteiger partial charge in [0.15, 0.2) is 0 Å². The number of pyridine rings is 1. The summed E-state index contributed by atoms with van der Waals surface area (Å²) in [5, 5.41) is 7.83. The van der Waals surface area contributed by atoms with Gasteiger partial charge in [-0.1, -0.05) is 0 Å². The van der Waals surface area contributed by atoms with E-state index in [0.29, 0.717) is 40.5 Å². The van der Waals surface area contributed by atoms with Crippen LogP contribution in [-0.4, -0.2) is 99.7 Å². The monoisotopic (exact) mass is 872 g/mol. The van der Waals surface area contributed by atoms with Crippen molar-refractivity contribution < 1.29 is 32.7 Å². The lowest BCUT2D eigenvalue weighted by atomic mass is 9.92. The average Bonchev–Trinajstić information content (AvgIpc) is 3.90. The molecule has 16 heteroatoms. The average molecular weight is 873 g/mol. The normalized spacial score (nSPS) is 20.1. The number of carbonyl (C=O) groups excluding carboxylic acids is 4. The lowest BCUT2D eigenvalue weighted by molar-refractivity contribution is -0.136. The summed E-state index contributed by atoms with van der Waals surface area (Å²) in [5.74, 6) is -1.47. The second kappa shape index (κ2) is 16.3. The number of alkyl halides is 2. The van der Waals surface area contributed by atoms with E-state index in [9.17, 15) is 24.0 Å². The van der Waals surface area contributed by atoms with Crippen molar-refractivity contribution in [2.75, 3.05) is 49.6 Å². The highest BCUT2D eigenvalue weighted by Crippen LogP contribution is 2.44. The van der Waals surface area contributed by atoms with Gasteiger partial charge in [0.1, 0.15) is 11.8 Å². The minimum atomic E-state index is -2.71. The topological polar surface area (TPSA) is 142 Å². The fourth-order valence-electron chi connectivity index (χ4n) is 10.7. The second-order valence-corrected chi connectivity index (χ2v) is 17.8. The van der Waals surface area contributed by atoms with Crippen molar-refractivity contribution in [3.05, 3.63) is 99.1 Å². The molecular weight excluding hydrogens is 823 g/mol. The number of imide groups is 2. The Labute approximate surface area is 368 Å². The number of methoxy groups -OCH3 is 1. The maximum absolute atomic E-state index is 15.1. The van der Waals surface area contributed by atoms with Gasteiger partial charge in [-0.3, -0.25) is 38.9 Å². The number of aromatic nitrogens is 3. The molecule has 0 saturated carbocycles. The van der Waals surface area contributed by atoms with Crippen LogP contribution in [0.4, 0.5) is 25.8 Å². The minimum absolute atomic E-state index is 0.0451. The zero-order valence-corrected chi connectivity index (χ0v) is 36.1. The molecule has 2 aromatic heterocycles. The summed E-state index contributed by atoms with van der Waals surface area (Å²) in [6, 6.07) is 14.0. The predicted molar refractivity (Wildman–Crippen MR) is 237 cm³/mol. The number of likely N-dealkylation sites (tertiary alicyclic amines) is 1. The van der Waals surface area contributed by atoms with Crippen LogP contribution in [0.25, 0.3) is 22.0 Å². The third kappa shape index (κ3) is 7.11. The molecule has 1 N–H and O–H groups in total. The molecule has 64 heavy (non-hydrogen) atoms. The first-order valence-electron chi connectivity index (χ1n) is 22.2. The largest absolute Gasteiger partial charge is 0.497 e. The Morgan fingerprint density at radius 2 is 1.55 bits per heavy atom. The highest BCUT2D eigenvalue weighted by Gasteiger charge is 2.45. The Morgan fingerprint density at radius 3 is 2.28 bits per heavy atom. The SMILES string of the molecule is COc1cc(N2CCCc3cc(-c4cnn(C5CCN(C6CCN(c7ccc8c(c7)C(=O)N(C7CCC(=O)NC7=O)C8=O)CC6)CC5)c4)c(C(F)F)cc32)c2cc(C)c(=O)n(C)c2c1. The smallest absolute Gasteiger partial charge is 0.264 e. The van der Waals surface area contributed by atoms with Gasteiger partial charge in [0, 0.05) is 104 Å². The Morgan fingerprint density at radius 1 is 0.797 bits per heavy atom. The van der Waals surface area contributed by atoms with E-state index in [0.717, 1.165) is 97.6 Å². The number of ether oxygens (including phenoxy) is 1. The third-order valence-corrected chi connectivity index (χ3v) is 14.2. The van der Waals surface area contributed by atoms with Crippen LogP contribution in [-0.2, 0) is 23.1 Å². The van der Waals surface area contributed by atoms with Crippen LogP contribution in [0.3, 0.4) is 0 Å². The number of fused-ring (bicyclic) bond motifs is 3. The number of carbonyl (C=O) groups is 4. The van der Waals surface area contributed by atoms with Crippen molar-refractivity contribution in [2.24, 2.45) is 7.05 Å². The van der Waals surface area contributed by atoms with Gasteiger partial charge in [0.25, 0.3) is 23.8 Å². The van der Waals surface area contributed by atoms with Gasteiger partial charge >= 0.3 is 0 Å². The zero-order chi connectivity index (χ0) is 44.6. The second-order valence-electron chi connectivity index (χ2n) is 17.8. The molecule has 3 saturated heterocycles. The summed E-state index contributed by atoms with van der Waals surface area (Å²) in [6.45, 7) is 5.76. The van der Waals surface area contributed by atoms with E-state index in [2.05, 4.69) is 20.0 Å². The van der Waals surface area contributed by atoms with E-state index in [4.69, 9.17) is 9.84 Å². The van der Waals surface area contributed by atoms with Gasteiger partial charge in [-0.2, -0.15) is 5.10 Å². The molecule has 7 heterocycles. The van der Waals surface area contributed by atoms with E-state index < -0.39 is 36.1 Å². The highest BCUT2D eigenvalue weighted by atomic mass is 19.3. The number of benzene rings is 3. The number of anilines is 3. The Balaban J connectivity index is 0.802. The predicted octanol–water partition coefficient (Wildman–Crippen LogP) is 6.45. The molecule has 4 amide bonds. The number of hydrogen-bond donors (Lipinski definition) is 1. The fraction of sp³-hybridized carbons (Fsp3) is 0.417. The van der Waals surface area contributed by atoms with E-state index in [1.54, 1.807) is 50.0 Å². The summed E-state index contributed by atoms with van der Waals surface area (Å²) < 4.78 is 39.3. The van der Waals surface area contributed by atoms with Gasteiger partial charge in [0.2, 0.25) is 11.8 Å². The quantitative estimate of drug-likeness (QED) is 0.173. The number of halogens is 2.